The van der Waals surface area contributed by atoms with E-state index in [1.807, 2.05) is 0 Å². The van der Waals surface area contributed by atoms with Crippen LogP contribution in [0.3, 0.4) is 0 Å². The molecule has 0 saturated heterocycles. The molecule has 2 fully saturated rings. The second-order valence-electron chi connectivity index (χ2n) is 28.9. The summed E-state index contributed by atoms with van der Waals surface area (Å²) in [7, 11) is 0. The second kappa shape index (κ2) is 20.0. The van der Waals surface area contributed by atoms with Crippen LogP contribution in [-0.4, -0.2) is 17.8 Å². The number of hydrogen-bond donors (Lipinski definition) is 0. The van der Waals surface area contributed by atoms with Crippen molar-refractivity contribution in [2.75, 3.05) is 19.6 Å². The smallest absolute Gasteiger partial charge is 0.252 e. The minimum Gasteiger partial charge on any atom is -0.456 e. The molecular formula is C88H71BN4O2. The first kappa shape index (κ1) is 55.0. The molecule has 6 aliphatic rings. The molecule has 12 aromatic carbocycles. The highest BCUT2D eigenvalue weighted by atomic mass is 16.3. The van der Waals surface area contributed by atoms with Crippen LogP contribution < -0.4 is 36.0 Å². The van der Waals surface area contributed by atoms with Crippen molar-refractivity contribution in [1.29, 1.82) is 0 Å². The maximum absolute atomic E-state index is 7.30. The topological polar surface area (TPSA) is 39.2 Å². The average molecular weight is 1230 g/mol. The van der Waals surface area contributed by atoms with Gasteiger partial charge in [-0.1, -0.05) is 209 Å². The zero-order chi connectivity index (χ0) is 63.1. The van der Waals surface area contributed by atoms with E-state index in [4.69, 9.17) is 8.83 Å². The van der Waals surface area contributed by atoms with E-state index in [-0.39, 0.29) is 28.6 Å². The van der Waals surface area contributed by atoms with Gasteiger partial charge in [0, 0.05) is 83.6 Å². The molecule has 6 heterocycles. The highest BCUT2D eigenvalue weighted by Crippen LogP contribution is 2.64. The fourth-order valence-corrected chi connectivity index (χ4v) is 19.2. The maximum atomic E-state index is 7.30. The van der Waals surface area contributed by atoms with E-state index >= 15 is 0 Å². The molecular weight excluding hydrogens is 1160 g/mol. The van der Waals surface area contributed by atoms with Gasteiger partial charge in [-0.3, -0.25) is 0 Å². The maximum Gasteiger partial charge on any atom is 0.252 e. The first-order valence-corrected chi connectivity index (χ1v) is 34.5. The summed E-state index contributed by atoms with van der Waals surface area (Å²) in [6, 6.07) is 98.6. The van der Waals surface area contributed by atoms with Gasteiger partial charge in [0.05, 0.1) is 16.8 Å². The molecule has 14 aromatic rings. The largest absolute Gasteiger partial charge is 0.456 e. The Hall–Kier alpha value is -10.5. The Labute approximate surface area is 555 Å². The first-order valence-electron chi connectivity index (χ1n) is 34.5. The summed E-state index contributed by atoms with van der Waals surface area (Å²) in [6.45, 7) is 10.2. The number of rotatable bonds is 7. The van der Waals surface area contributed by atoms with Crippen LogP contribution in [0, 0.1) is 0 Å². The highest BCUT2D eigenvalue weighted by Gasteiger charge is 2.60. The Morgan fingerprint density at radius 3 is 1.39 bits per heavy atom. The van der Waals surface area contributed by atoms with Crippen molar-refractivity contribution in [2.24, 2.45) is 0 Å². The van der Waals surface area contributed by atoms with Crippen LogP contribution in [-0.2, 0) is 10.8 Å². The predicted molar refractivity (Wildman–Crippen MR) is 397 cm³/mol. The summed E-state index contributed by atoms with van der Waals surface area (Å²) < 4.78 is 13.9. The van der Waals surface area contributed by atoms with Crippen LogP contribution in [0.1, 0.15) is 90.2 Å². The third kappa shape index (κ3) is 7.58. The van der Waals surface area contributed by atoms with Gasteiger partial charge in [-0.25, -0.2) is 0 Å². The van der Waals surface area contributed by atoms with Crippen LogP contribution in [0.25, 0.3) is 77.3 Å². The zero-order valence-corrected chi connectivity index (χ0v) is 54.2. The molecule has 4 unspecified atom stereocenters. The van der Waals surface area contributed by atoms with Crippen molar-refractivity contribution in [3.63, 3.8) is 0 Å². The lowest BCUT2D eigenvalue weighted by molar-refractivity contribution is 0.195. The van der Waals surface area contributed by atoms with E-state index in [1.165, 1.54) is 103 Å². The predicted octanol–water partition coefficient (Wildman–Crippen LogP) is 22.1. The van der Waals surface area contributed by atoms with Crippen molar-refractivity contribution in [3.8, 4) is 33.4 Å². The molecule has 2 saturated carbocycles. The number of benzene rings is 12. The van der Waals surface area contributed by atoms with Crippen LogP contribution in [0.4, 0.5) is 56.9 Å². The van der Waals surface area contributed by atoms with Gasteiger partial charge in [0.1, 0.15) is 16.7 Å². The van der Waals surface area contributed by atoms with E-state index in [1.54, 1.807) is 0 Å². The summed E-state index contributed by atoms with van der Waals surface area (Å²) in [5, 5.41) is 4.42. The lowest BCUT2D eigenvalue weighted by Crippen LogP contribution is -2.61. The fraction of sp³-hybridized carbons (Fsp3) is 0.182. The third-order valence-electron chi connectivity index (χ3n) is 24.3. The van der Waals surface area contributed by atoms with Crippen LogP contribution >= 0.6 is 0 Å². The molecule has 20 rings (SSSR count). The normalized spacial score (nSPS) is 21.4. The summed E-state index contributed by atoms with van der Waals surface area (Å²) in [5.41, 5.74) is 28.6. The quantitative estimate of drug-likeness (QED) is 0.148. The van der Waals surface area contributed by atoms with E-state index in [0.717, 1.165) is 110 Å². The fourth-order valence-electron chi connectivity index (χ4n) is 19.2. The van der Waals surface area contributed by atoms with Crippen LogP contribution in [0.15, 0.2) is 270 Å². The van der Waals surface area contributed by atoms with Crippen LogP contribution in [0.2, 0.25) is 0 Å². The molecule has 2 aliphatic carbocycles. The summed E-state index contributed by atoms with van der Waals surface area (Å²) in [5.74, 6) is 0. The molecule has 0 bridgehead atoms. The number of nitrogens with zero attached hydrogens (tertiary/aromatic N) is 4. The van der Waals surface area contributed by atoms with Crippen molar-refractivity contribution < 1.29 is 8.83 Å². The van der Waals surface area contributed by atoms with Gasteiger partial charge in [-0.05, 0) is 191 Å². The highest BCUT2D eigenvalue weighted by molar-refractivity contribution is 7.00. The van der Waals surface area contributed by atoms with Crippen molar-refractivity contribution in [1.82, 2.24) is 0 Å². The Morgan fingerprint density at radius 2 is 0.768 bits per heavy atom. The van der Waals surface area contributed by atoms with Crippen molar-refractivity contribution >= 4 is 124 Å². The summed E-state index contributed by atoms with van der Waals surface area (Å²) in [6.07, 6.45) is 9.11. The minimum absolute atomic E-state index is 0.0944. The minimum atomic E-state index is -0.273. The van der Waals surface area contributed by atoms with Gasteiger partial charge < -0.3 is 28.4 Å². The number of fused-ring (bicyclic) bond motifs is 16. The molecule has 6 nitrogen and oxygen atoms in total. The molecule has 0 radical (unpaired) electrons. The van der Waals surface area contributed by atoms with Crippen molar-refractivity contribution in [2.45, 2.75) is 101 Å². The molecule has 0 amide bonds. The van der Waals surface area contributed by atoms with Gasteiger partial charge in [-0.15, -0.1) is 0 Å². The SMILES string of the molecule is CC12CCCCC1(C)N(c1ccc3c(c1)N(c1cccc4c1oc1ccccc14)c1cc(N4c5ccc(-c6ccccc6)cc5C5(C)CCCCC45C)cc4c1B3c1ccc(-c3ccccc3)cc1N4c1ccc3oc4ccccc4c3c1)c1ccc(-c3ccccc3)cc12. The monoisotopic (exact) mass is 1230 g/mol. The average Bonchev–Trinajstić information content (AvgIpc) is 1.68. The van der Waals surface area contributed by atoms with E-state index in [0.29, 0.717) is 0 Å². The Balaban J connectivity index is 0.900. The van der Waals surface area contributed by atoms with Crippen molar-refractivity contribution in [3.05, 3.63) is 272 Å². The molecule has 0 N–H and O–H groups in total. The molecule has 0 spiro atoms. The Kier molecular flexibility index (Phi) is 11.6. The third-order valence-corrected chi connectivity index (χ3v) is 24.3. The number of furan rings is 2. The zero-order valence-electron chi connectivity index (χ0n) is 54.2. The molecule has 7 heteroatoms. The van der Waals surface area contributed by atoms with E-state index < -0.39 is 0 Å². The summed E-state index contributed by atoms with van der Waals surface area (Å²) in [4.78, 5) is 10.9. The van der Waals surface area contributed by atoms with Gasteiger partial charge >= 0.3 is 0 Å². The number of hydrogen-bond acceptors (Lipinski definition) is 6. The standard InChI is InChI=1S/C88H71BN4O2/c1-85-45-18-20-47-87(85,3)92(73-42-36-59(49-69(73)85)56-23-8-5-9-24-56)63-38-41-72-77(53-63)91(75-32-22-31-67-65-29-14-17-34-81(65)95-84(67)75)79-55-64(93-74-43-37-60(57-25-10-6-11-26-57)50-70(74)86(2)46-19-21-48-88(86,93)4)54-78-83(79)89(72)71-40-35-61(58-27-12-7-13-28-58)51-76(71)90(78)62-39-44-82-68(52-62)66-30-15-16-33-80(66)94-82/h5-17,22-44,49-55H,18-21,45-48H2,1-4H3. The van der Waals surface area contributed by atoms with E-state index in [9.17, 15) is 0 Å². The number of anilines is 10. The molecule has 4 atom stereocenters. The van der Waals surface area contributed by atoms with E-state index in [2.05, 4.69) is 308 Å². The number of para-hydroxylation sites is 3. The van der Waals surface area contributed by atoms with Gasteiger partial charge in [0.2, 0.25) is 0 Å². The Morgan fingerprint density at radius 1 is 0.305 bits per heavy atom. The van der Waals surface area contributed by atoms with Gasteiger partial charge in [0.15, 0.2) is 5.58 Å². The molecule has 95 heavy (non-hydrogen) atoms. The molecule has 2 aromatic heterocycles. The van der Waals surface area contributed by atoms with Gasteiger partial charge in [0.25, 0.3) is 6.71 Å². The molecule has 4 aliphatic heterocycles. The van der Waals surface area contributed by atoms with Gasteiger partial charge in [-0.2, -0.15) is 0 Å². The Bertz CT molecular complexity index is 5520. The van der Waals surface area contributed by atoms with Crippen LogP contribution in [0.5, 0.6) is 0 Å². The summed E-state index contributed by atoms with van der Waals surface area (Å²) >= 11 is 0. The molecule has 458 valence electrons. The lowest BCUT2D eigenvalue weighted by atomic mass is 9.33. The second-order valence-corrected chi connectivity index (χ2v) is 28.9. The first-order chi connectivity index (χ1) is 46.6. The lowest BCUT2D eigenvalue weighted by Gasteiger charge is -2.51.